The van der Waals surface area contributed by atoms with E-state index in [1.54, 1.807) is 25.3 Å². The number of nitrogens with zero attached hydrogens (tertiary/aromatic N) is 1. The Morgan fingerprint density at radius 1 is 1.27 bits per heavy atom. The van der Waals surface area contributed by atoms with E-state index < -0.39 is 5.91 Å². The van der Waals surface area contributed by atoms with Gasteiger partial charge in [-0.2, -0.15) is 5.10 Å². The summed E-state index contributed by atoms with van der Waals surface area (Å²) in [5.74, 6) is -0.0855. The molecule has 26 heavy (non-hydrogen) atoms. The van der Waals surface area contributed by atoms with E-state index in [9.17, 15) is 9.59 Å². The van der Waals surface area contributed by atoms with E-state index in [0.717, 1.165) is 12.7 Å². The smallest absolute Gasteiger partial charge is 0.259 e. The Balaban J connectivity index is 1.92. The maximum absolute atomic E-state index is 12.0. The van der Waals surface area contributed by atoms with Crippen molar-refractivity contribution in [1.82, 2.24) is 10.7 Å². The Kier molecular flexibility index (Phi) is 8.28. The van der Waals surface area contributed by atoms with Crippen molar-refractivity contribution >= 4 is 79.1 Å². The van der Waals surface area contributed by atoms with Crippen molar-refractivity contribution in [3.8, 4) is 5.75 Å². The molecule has 0 aromatic heterocycles. The Labute approximate surface area is 186 Å². The van der Waals surface area contributed by atoms with Crippen LogP contribution < -0.4 is 15.5 Å². The third-order valence-corrected chi connectivity index (χ3v) is 5.28. The number of benzene rings is 2. The van der Waals surface area contributed by atoms with Crippen LogP contribution in [-0.2, 0) is 4.79 Å². The second kappa shape index (κ2) is 10.2. The summed E-state index contributed by atoms with van der Waals surface area (Å²) >= 11 is 7.67. The van der Waals surface area contributed by atoms with Crippen molar-refractivity contribution in [2.45, 2.75) is 0 Å². The zero-order valence-corrected chi connectivity index (χ0v) is 19.5. The number of halogens is 3. The molecule has 0 aliphatic heterocycles. The number of hydrazone groups is 1. The van der Waals surface area contributed by atoms with E-state index in [1.807, 2.05) is 18.2 Å². The second-order valence-corrected chi connectivity index (χ2v) is 8.23. The molecule has 0 saturated carbocycles. The number of ether oxygens (including phenoxy) is 1. The average molecular weight is 642 g/mol. The Bertz CT molecular complexity index is 859. The largest absolute Gasteiger partial charge is 0.495 e. The van der Waals surface area contributed by atoms with Crippen LogP contribution in [0.1, 0.15) is 15.9 Å². The summed E-state index contributed by atoms with van der Waals surface area (Å²) in [6.45, 7) is -0.182. The Morgan fingerprint density at radius 3 is 2.69 bits per heavy atom. The molecule has 0 spiro atoms. The predicted octanol–water partition coefficient (Wildman–Crippen LogP) is 3.55. The van der Waals surface area contributed by atoms with Gasteiger partial charge in [-0.15, -0.1) is 0 Å². The number of amides is 2. The fraction of sp³-hybridized carbons (Fsp3) is 0.118. The third kappa shape index (κ3) is 5.91. The molecule has 0 saturated heterocycles. The highest BCUT2D eigenvalue weighted by atomic mass is 127. The monoisotopic (exact) mass is 641 g/mol. The van der Waals surface area contributed by atoms with Crippen molar-refractivity contribution in [3.63, 3.8) is 0 Å². The lowest BCUT2D eigenvalue weighted by atomic mass is 10.2. The van der Waals surface area contributed by atoms with Gasteiger partial charge in [0.25, 0.3) is 11.8 Å². The molecule has 0 aliphatic carbocycles. The highest BCUT2D eigenvalue weighted by Gasteiger charge is 2.11. The molecule has 2 aromatic rings. The molecule has 0 heterocycles. The minimum atomic E-state index is -0.430. The normalized spacial score (nSPS) is 10.6. The zero-order chi connectivity index (χ0) is 19.1. The standard InChI is InChI=1S/C17H14BrI2N3O3/c1-26-16-10(6-11(19)7-14(16)20)8-22-23-15(24)9-21-17(25)12-4-2-3-5-13(12)18/h2-8H,9H2,1H3,(H,21,25)(H,23,24)/b22-8+. The highest BCUT2D eigenvalue weighted by Crippen LogP contribution is 2.26. The van der Waals surface area contributed by atoms with E-state index >= 15 is 0 Å². The number of carbonyl (C=O) groups is 2. The molecular weight excluding hydrogens is 628 g/mol. The van der Waals surface area contributed by atoms with Crippen LogP contribution in [-0.4, -0.2) is 31.7 Å². The van der Waals surface area contributed by atoms with E-state index in [-0.39, 0.29) is 12.5 Å². The van der Waals surface area contributed by atoms with Gasteiger partial charge >= 0.3 is 0 Å². The van der Waals surface area contributed by atoms with Gasteiger partial charge in [0.05, 0.1) is 29.0 Å². The van der Waals surface area contributed by atoms with Gasteiger partial charge in [0.15, 0.2) is 0 Å². The molecule has 0 aliphatic rings. The lowest BCUT2D eigenvalue weighted by Crippen LogP contribution is -2.35. The molecule has 136 valence electrons. The van der Waals surface area contributed by atoms with Gasteiger partial charge in [-0.05, 0) is 85.4 Å². The van der Waals surface area contributed by atoms with Gasteiger partial charge in [-0.25, -0.2) is 5.43 Å². The lowest BCUT2D eigenvalue weighted by molar-refractivity contribution is -0.120. The van der Waals surface area contributed by atoms with Crippen LogP contribution in [0.15, 0.2) is 46.0 Å². The molecule has 6 nitrogen and oxygen atoms in total. The minimum Gasteiger partial charge on any atom is -0.495 e. The number of hydrogen-bond donors (Lipinski definition) is 2. The second-order valence-electron chi connectivity index (χ2n) is 4.97. The van der Waals surface area contributed by atoms with Gasteiger partial charge in [-0.3, -0.25) is 9.59 Å². The number of carbonyl (C=O) groups excluding carboxylic acids is 2. The van der Waals surface area contributed by atoms with E-state index in [1.165, 1.54) is 6.21 Å². The summed E-state index contributed by atoms with van der Waals surface area (Å²) in [5.41, 5.74) is 3.60. The molecule has 0 fully saturated rings. The first kappa shape index (κ1) is 21.1. The van der Waals surface area contributed by atoms with Gasteiger partial charge in [0.1, 0.15) is 5.75 Å². The third-order valence-electron chi connectivity index (χ3n) is 3.16. The van der Waals surface area contributed by atoms with E-state index in [0.29, 0.717) is 15.8 Å². The molecule has 2 amide bonds. The van der Waals surface area contributed by atoms with E-state index in [4.69, 9.17) is 4.74 Å². The average Bonchev–Trinajstić information content (AvgIpc) is 2.60. The van der Waals surface area contributed by atoms with Crippen molar-refractivity contribution in [1.29, 1.82) is 0 Å². The number of methoxy groups -OCH3 is 1. The molecule has 0 unspecified atom stereocenters. The molecule has 0 bridgehead atoms. The SMILES string of the molecule is COc1c(I)cc(I)cc1/C=N/NC(=O)CNC(=O)c1ccccc1Br. The summed E-state index contributed by atoms with van der Waals surface area (Å²) in [4.78, 5) is 23.9. The maximum atomic E-state index is 12.0. The number of nitrogens with one attached hydrogen (secondary N) is 2. The highest BCUT2D eigenvalue weighted by molar-refractivity contribution is 14.1. The van der Waals surface area contributed by atoms with E-state index in [2.05, 4.69) is 77.0 Å². The summed E-state index contributed by atoms with van der Waals surface area (Å²) < 4.78 is 7.99. The Hall–Kier alpha value is -1.21. The first-order valence-corrected chi connectivity index (χ1v) is 10.2. The summed E-state index contributed by atoms with van der Waals surface area (Å²) in [5, 5.41) is 6.48. The Morgan fingerprint density at radius 2 is 2.00 bits per heavy atom. The van der Waals surface area contributed by atoms with Gasteiger partial charge in [0, 0.05) is 13.6 Å². The van der Waals surface area contributed by atoms with Crippen LogP contribution in [0.4, 0.5) is 0 Å². The van der Waals surface area contributed by atoms with Crippen LogP contribution in [0.5, 0.6) is 5.75 Å². The van der Waals surface area contributed by atoms with Crippen molar-refractivity contribution in [2.24, 2.45) is 5.10 Å². The van der Waals surface area contributed by atoms with Crippen molar-refractivity contribution in [2.75, 3.05) is 13.7 Å². The summed E-state index contributed by atoms with van der Waals surface area (Å²) in [6.07, 6.45) is 1.51. The molecular formula is C17H14BrI2N3O3. The molecule has 2 aromatic carbocycles. The van der Waals surface area contributed by atoms with Crippen LogP contribution in [0.3, 0.4) is 0 Å². The first-order valence-electron chi connectivity index (χ1n) is 7.30. The summed E-state index contributed by atoms with van der Waals surface area (Å²) in [6, 6.07) is 10.9. The number of hydrogen-bond acceptors (Lipinski definition) is 4. The molecule has 0 atom stereocenters. The fourth-order valence-electron chi connectivity index (χ4n) is 2.01. The van der Waals surface area contributed by atoms with Crippen LogP contribution >= 0.6 is 61.1 Å². The molecule has 0 radical (unpaired) electrons. The van der Waals surface area contributed by atoms with Crippen molar-refractivity contribution in [3.05, 3.63) is 59.1 Å². The molecule has 2 rings (SSSR count). The summed E-state index contributed by atoms with van der Waals surface area (Å²) in [7, 11) is 1.58. The lowest BCUT2D eigenvalue weighted by Gasteiger charge is -2.08. The van der Waals surface area contributed by atoms with Crippen LogP contribution in [0.25, 0.3) is 0 Å². The quantitative estimate of drug-likeness (QED) is 0.288. The van der Waals surface area contributed by atoms with Crippen molar-refractivity contribution < 1.29 is 14.3 Å². The first-order chi connectivity index (χ1) is 12.4. The van der Waals surface area contributed by atoms with Crippen LogP contribution in [0, 0.1) is 7.14 Å². The minimum absolute atomic E-state index is 0.182. The van der Waals surface area contributed by atoms with Gasteiger partial charge in [0.2, 0.25) is 0 Å². The predicted molar refractivity (Wildman–Crippen MR) is 121 cm³/mol. The van der Waals surface area contributed by atoms with Crippen LogP contribution in [0.2, 0.25) is 0 Å². The van der Waals surface area contributed by atoms with Gasteiger partial charge in [-0.1, -0.05) is 12.1 Å². The fourth-order valence-corrected chi connectivity index (χ4v) is 4.58. The van der Waals surface area contributed by atoms with Gasteiger partial charge < -0.3 is 10.1 Å². The number of rotatable bonds is 6. The molecule has 9 heteroatoms. The maximum Gasteiger partial charge on any atom is 0.259 e. The zero-order valence-electron chi connectivity index (χ0n) is 13.6. The molecule has 2 N–H and O–H groups in total. The topological polar surface area (TPSA) is 79.8 Å².